The summed E-state index contributed by atoms with van der Waals surface area (Å²) in [6, 6.07) is 9.74. The second kappa shape index (κ2) is 5.13. The number of aliphatic imine (C=N–C) groups is 1. The Hall–Kier alpha value is -1.49. The minimum absolute atomic E-state index is 0.250. The maximum absolute atomic E-state index is 12.5. The van der Waals surface area contributed by atoms with Crippen molar-refractivity contribution < 1.29 is 9.00 Å². The molecule has 0 aliphatic carbocycles. The maximum atomic E-state index is 12.5. The molecule has 2 aromatic rings. The van der Waals surface area contributed by atoms with Gasteiger partial charge in [0.05, 0.1) is 42.5 Å². The van der Waals surface area contributed by atoms with Gasteiger partial charge in [0.25, 0.3) is 0 Å². The zero-order valence-corrected chi connectivity index (χ0v) is 12.3. The molecule has 1 unspecified atom stereocenters. The van der Waals surface area contributed by atoms with Crippen LogP contribution in [0.15, 0.2) is 46.3 Å². The highest BCUT2D eigenvalue weighted by Gasteiger charge is 2.20. The summed E-state index contributed by atoms with van der Waals surface area (Å²) in [5.41, 5.74) is 2.60. The molecular weight excluding hydrogens is 317 g/mol. The average molecular weight is 324 g/mol. The van der Waals surface area contributed by atoms with Crippen molar-refractivity contribution in [3.8, 4) is 0 Å². The summed E-state index contributed by atoms with van der Waals surface area (Å²) in [6.07, 6.45) is 0. The first-order valence-electron chi connectivity index (χ1n) is 5.65. The summed E-state index contributed by atoms with van der Waals surface area (Å²) < 4.78 is 11.7. The van der Waals surface area contributed by atoms with Crippen molar-refractivity contribution in [3.05, 3.63) is 57.6 Å². The molecule has 0 saturated carbocycles. The smallest absolute Gasteiger partial charge is 0.196 e. The lowest BCUT2D eigenvalue weighted by Gasteiger charge is -2.07. The van der Waals surface area contributed by atoms with Crippen LogP contribution in [0.1, 0.15) is 15.9 Å². The van der Waals surface area contributed by atoms with Crippen LogP contribution in [0.5, 0.6) is 0 Å². The van der Waals surface area contributed by atoms with Crippen molar-refractivity contribution in [3.63, 3.8) is 0 Å². The summed E-state index contributed by atoms with van der Waals surface area (Å²) in [4.78, 5) is 17.0. The summed E-state index contributed by atoms with van der Waals surface area (Å²) in [7, 11) is -1.30. The zero-order valence-electron chi connectivity index (χ0n) is 9.97. The number of hydrogen-bond donors (Lipinski definition) is 0. The van der Waals surface area contributed by atoms with Gasteiger partial charge in [-0.05, 0) is 30.3 Å². The van der Waals surface area contributed by atoms with Crippen LogP contribution in [-0.2, 0) is 10.8 Å². The van der Waals surface area contributed by atoms with Gasteiger partial charge in [-0.2, -0.15) is 0 Å². The first-order valence-corrected chi connectivity index (χ1v) is 7.62. The molecule has 3 nitrogen and oxygen atoms in total. The number of ketones is 1. The normalized spacial score (nSPS) is 16.2. The van der Waals surface area contributed by atoms with Gasteiger partial charge in [-0.1, -0.05) is 29.3 Å². The Morgan fingerprint density at radius 3 is 2.50 bits per heavy atom. The number of hydrogen-bond acceptors (Lipinski definition) is 3. The van der Waals surface area contributed by atoms with Gasteiger partial charge in [-0.25, -0.2) is 9.20 Å². The van der Waals surface area contributed by atoms with Gasteiger partial charge in [0.2, 0.25) is 0 Å². The molecule has 6 heteroatoms. The second-order valence-electron chi connectivity index (χ2n) is 4.14. The molecule has 0 N–H and O–H groups in total. The van der Waals surface area contributed by atoms with E-state index in [1.807, 2.05) is 0 Å². The minimum Gasteiger partial charge on any atom is -0.288 e. The van der Waals surface area contributed by atoms with Gasteiger partial charge in [-0.15, -0.1) is 0 Å². The van der Waals surface area contributed by atoms with E-state index in [1.54, 1.807) is 36.4 Å². The number of fused-ring (bicyclic) bond motifs is 1. The first-order chi connectivity index (χ1) is 9.58. The first kappa shape index (κ1) is 13.5. The maximum Gasteiger partial charge on any atom is 0.196 e. The van der Waals surface area contributed by atoms with Crippen molar-refractivity contribution in [2.24, 2.45) is 4.99 Å². The summed E-state index contributed by atoms with van der Waals surface area (Å²) >= 11 is 12.1. The van der Waals surface area contributed by atoms with Crippen LogP contribution in [-0.4, -0.2) is 15.5 Å². The fraction of sp³-hybridized carbons (Fsp3) is 0. The van der Waals surface area contributed by atoms with Gasteiger partial charge >= 0.3 is 0 Å². The molecule has 1 atom stereocenters. The van der Waals surface area contributed by atoms with Crippen molar-refractivity contribution in [2.45, 2.75) is 4.90 Å². The molecule has 1 aliphatic heterocycles. The molecule has 1 aliphatic rings. The van der Waals surface area contributed by atoms with Crippen LogP contribution in [0.3, 0.4) is 0 Å². The Morgan fingerprint density at radius 1 is 1.10 bits per heavy atom. The summed E-state index contributed by atoms with van der Waals surface area (Å²) in [5, 5.41) is 0.584. The fourth-order valence-electron chi connectivity index (χ4n) is 1.94. The second-order valence-corrected chi connectivity index (χ2v) is 6.20. The van der Waals surface area contributed by atoms with E-state index in [2.05, 4.69) is 4.99 Å². The number of benzene rings is 2. The number of halogens is 2. The molecular formula is C14H7Cl2NO2S. The fourth-order valence-corrected chi connectivity index (χ4v) is 3.41. The van der Waals surface area contributed by atoms with Crippen LogP contribution in [0.2, 0.25) is 10.0 Å². The van der Waals surface area contributed by atoms with Crippen molar-refractivity contribution in [1.82, 2.24) is 0 Å². The molecule has 0 saturated heterocycles. The van der Waals surface area contributed by atoms with E-state index >= 15 is 0 Å². The Kier molecular flexibility index (Phi) is 3.46. The zero-order chi connectivity index (χ0) is 14.3. The lowest BCUT2D eigenvalue weighted by molar-refractivity contribution is 0.103. The largest absolute Gasteiger partial charge is 0.288 e. The van der Waals surface area contributed by atoms with E-state index in [9.17, 15) is 9.00 Å². The molecule has 100 valence electrons. The highest BCUT2D eigenvalue weighted by Crippen LogP contribution is 2.31. The van der Waals surface area contributed by atoms with Crippen LogP contribution >= 0.6 is 23.2 Å². The molecule has 3 rings (SSSR count). The average Bonchev–Trinajstić information content (AvgIpc) is 2.79. The summed E-state index contributed by atoms with van der Waals surface area (Å²) in [5.74, 6) is -0.299. The van der Waals surface area contributed by atoms with Crippen LogP contribution in [0, 0.1) is 0 Å². The van der Waals surface area contributed by atoms with Crippen LogP contribution in [0.25, 0.3) is 0 Å². The molecule has 20 heavy (non-hydrogen) atoms. The quantitative estimate of drug-likeness (QED) is 0.784. The predicted molar refractivity (Wildman–Crippen MR) is 80.9 cm³/mol. The molecule has 0 aromatic heterocycles. The third-order valence-electron chi connectivity index (χ3n) is 2.92. The third kappa shape index (κ3) is 2.20. The lowest BCUT2D eigenvalue weighted by atomic mass is 10.0. The van der Waals surface area contributed by atoms with Crippen molar-refractivity contribution in [1.29, 1.82) is 0 Å². The predicted octanol–water partition coefficient (Wildman–Crippen LogP) is 4.01. The number of rotatable bonds is 2. The number of carbonyl (C=O) groups is 1. The Morgan fingerprint density at radius 2 is 1.80 bits per heavy atom. The van der Waals surface area contributed by atoms with Gasteiger partial charge in [0.1, 0.15) is 0 Å². The third-order valence-corrected chi connectivity index (χ3v) is 4.60. The van der Waals surface area contributed by atoms with Gasteiger partial charge < -0.3 is 0 Å². The molecule has 0 amide bonds. The highest BCUT2D eigenvalue weighted by molar-refractivity contribution is 7.99. The Bertz CT molecular complexity index is 766. The molecule has 0 bridgehead atoms. The van der Waals surface area contributed by atoms with Gasteiger partial charge in [-0.3, -0.25) is 4.79 Å². The van der Waals surface area contributed by atoms with E-state index in [0.717, 1.165) is 0 Å². The van der Waals surface area contributed by atoms with E-state index in [-0.39, 0.29) is 11.3 Å². The lowest BCUT2D eigenvalue weighted by Crippen LogP contribution is -2.04. The van der Waals surface area contributed by atoms with Crippen LogP contribution in [0.4, 0.5) is 5.69 Å². The Balaban J connectivity index is 2.09. The summed E-state index contributed by atoms with van der Waals surface area (Å²) in [6.45, 7) is 0. The van der Waals surface area contributed by atoms with Crippen LogP contribution < -0.4 is 0 Å². The van der Waals surface area contributed by atoms with Crippen molar-refractivity contribution >= 4 is 51.0 Å². The topological polar surface area (TPSA) is 46.5 Å². The molecule has 0 radical (unpaired) electrons. The van der Waals surface area contributed by atoms with Gasteiger partial charge in [0.15, 0.2) is 5.78 Å². The molecule has 0 spiro atoms. The van der Waals surface area contributed by atoms with E-state index in [0.29, 0.717) is 26.2 Å². The van der Waals surface area contributed by atoms with Gasteiger partial charge in [0, 0.05) is 5.56 Å². The molecule has 1 heterocycles. The molecule has 2 aromatic carbocycles. The molecule has 0 fully saturated rings. The van der Waals surface area contributed by atoms with E-state index < -0.39 is 10.8 Å². The minimum atomic E-state index is -1.30. The highest BCUT2D eigenvalue weighted by atomic mass is 35.5. The standard InChI is InChI=1S/C14H7Cl2NO2S/c15-9-2-1-3-10(16)13(9)14(18)8-4-5-11-12(6-8)20(19)7-17-11/h1-7H. The SMILES string of the molecule is O=C(c1ccc2c(c1)S(=O)C=N2)c1c(Cl)cccc1Cl. The van der Waals surface area contributed by atoms with E-state index in [1.165, 1.54) is 5.55 Å². The number of nitrogens with zero attached hydrogens (tertiary/aromatic N) is 1. The monoisotopic (exact) mass is 323 g/mol. The van der Waals surface area contributed by atoms with E-state index in [4.69, 9.17) is 23.2 Å². The van der Waals surface area contributed by atoms with Crippen molar-refractivity contribution in [2.75, 3.05) is 0 Å². The number of carbonyl (C=O) groups excluding carboxylic acids is 1. The Labute approximate surface area is 127 Å².